The minimum atomic E-state index is -1.81. The molecule has 3 aromatic rings. The highest BCUT2D eigenvalue weighted by atomic mass is 32.3. The van der Waals surface area contributed by atoms with E-state index in [4.69, 9.17) is 4.28 Å². The van der Waals surface area contributed by atoms with Crippen LogP contribution in [0.3, 0.4) is 0 Å². The Balaban J connectivity index is 0.000000292. The number of H-pyrrole nitrogens is 1. The molecule has 1 aromatic heterocycles. The smallest absolute Gasteiger partial charge is 0.331 e. The highest BCUT2D eigenvalue weighted by Gasteiger charge is 2.40. The van der Waals surface area contributed by atoms with Crippen LogP contribution in [0.25, 0.3) is 0 Å². The maximum absolute atomic E-state index is 12.6. The molecule has 238 valence electrons. The maximum atomic E-state index is 12.6. The molecule has 0 saturated carbocycles. The van der Waals surface area contributed by atoms with Gasteiger partial charge in [0.15, 0.2) is 11.9 Å². The van der Waals surface area contributed by atoms with Gasteiger partial charge in [-0.15, -0.1) is 0 Å². The van der Waals surface area contributed by atoms with Gasteiger partial charge in [-0.1, -0.05) is 6.07 Å². The molecule has 0 unspecified atom stereocenters. The van der Waals surface area contributed by atoms with E-state index in [0.717, 1.165) is 30.7 Å². The van der Waals surface area contributed by atoms with Gasteiger partial charge in [0.05, 0.1) is 65.3 Å². The summed E-state index contributed by atoms with van der Waals surface area (Å²) < 4.78 is 5.72. The topological polar surface area (TPSA) is 305 Å². The Morgan fingerprint density at radius 3 is 1.49 bits per heavy atom. The van der Waals surface area contributed by atoms with Gasteiger partial charge >= 0.3 is 5.69 Å². The quantitative estimate of drug-likeness (QED) is 0.212. The van der Waals surface area contributed by atoms with Crippen LogP contribution in [0.1, 0.15) is 18.5 Å². The van der Waals surface area contributed by atoms with Crippen molar-refractivity contribution in [2.75, 3.05) is 17.3 Å². The van der Waals surface area contributed by atoms with E-state index >= 15 is 0 Å². The van der Waals surface area contributed by atoms with Crippen LogP contribution >= 0.6 is 10.3 Å². The third-order valence-electron chi connectivity index (χ3n) is 6.30. The number of aromatic nitrogens is 1. The first kappa shape index (κ1) is 33.4. The molecule has 1 aliphatic heterocycles. The highest BCUT2D eigenvalue weighted by molar-refractivity contribution is 8.29. The zero-order valence-electron chi connectivity index (χ0n) is 22.7. The maximum Gasteiger partial charge on any atom is 0.331 e. The van der Waals surface area contributed by atoms with Crippen LogP contribution in [0.15, 0.2) is 48.7 Å². The van der Waals surface area contributed by atoms with E-state index in [9.17, 15) is 65.7 Å². The molecule has 2 aromatic carbocycles. The Morgan fingerprint density at radius 2 is 1.11 bits per heavy atom. The van der Waals surface area contributed by atoms with Crippen LogP contribution in [-0.2, 0) is 10.7 Å². The Labute approximate surface area is 251 Å². The monoisotopic (exact) mass is 651 g/mol. The van der Waals surface area contributed by atoms with Crippen molar-refractivity contribution in [3.63, 3.8) is 0 Å². The number of nitro groups is 5. The van der Waals surface area contributed by atoms with E-state index in [1.165, 1.54) is 0 Å². The minimum Gasteiger partial charge on any atom is -0.863 e. The molecule has 0 aliphatic carbocycles. The number of nitrogens with zero attached hydrogens (tertiary/aromatic N) is 6. The zero-order chi connectivity index (χ0) is 33.5. The van der Waals surface area contributed by atoms with Crippen molar-refractivity contribution >= 4 is 44.4 Å². The Bertz CT molecular complexity index is 1610. The number of hydrogen-bond donors (Lipinski definition) is 0. The lowest BCUT2D eigenvalue weighted by Crippen LogP contribution is -2.20. The van der Waals surface area contributed by atoms with E-state index < -0.39 is 80.5 Å². The summed E-state index contributed by atoms with van der Waals surface area (Å²) in [6.07, 6.45) is 4.24. The second-order valence-electron chi connectivity index (χ2n) is 9.17. The molecule has 1 N–H and O–H groups in total. The first-order valence-corrected chi connectivity index (χ1v) is 14.5. The summed E-state index contributed by atoms with van der Waals surface area (Å²) in [5, 5.41) is 76.1. The number of aromatic amines is 1. The van der Waals surface area contributed by atoms with Crippen molar-refractivity contribution in [1.29, 1.82) is 0 Å². The SMILES string of the molecule is O=[N+]([O-])c1cc([N+](=O)OS2(CCc3cccc[nH+]3)CCCC2)cc([N+](=O)[O-])c1[O-].O=[N+]([O-])c1cc([N+](=O)[O-])c([O-])c([N+](=O)[O-])c1. The van der Waals surface area contributed by atoms with Crippen molar-refractivity contribution in [3.05, 3.63) is 110 Å². The van der Waals surface area contributed by atoms with Gasteiger partial charge in [0, 0.05) is 35.8 Å². The van der Waals surface area contributed by atoms with Crippen molar-refractivity contribution < 1.29 is 49.0 Å². The zero-order valence-corrected chi connectivity index (χ0v) is 23.5. The Hall–Kier alpha value is -6.06. The van der Waals surface area contributed by atoms with E-state index in [1.807, 2.05) is 18.2 Å². The molecular formula is C23H21N7O14S. The fourth-order valence-corrected chi connectivity index (χ4v) is 7.40. The van der Waals surface area contributed by atoms with Crippen LogP contribution in [0.2, 0.25) is 0 Å². The van der Waals surface area contributed by atoms with Crippen LogP contribution in [-0.4, -0.2) is 46.8 Å². The third kappa shape index (κ3) is 8.07. The second kappa shape index (κ2) is 13.9. The van der Waals surface area contributed by atoms with E-state index in [2.05, 4.69) is 4.98 Å². The summed E-state index contributed by atoms with van der Waals surface area (Å²) in [7, 11) is -1.81. The minimum absolute atomic E-state index is 0.0921. The Kier molecular flexibility index (Phi) is 10.4. The predicted molar refractivity (Wildman–Crippen MR) is 148 cm³/mol. The molecule has 1 fully saturated rings. The molecule has 0 amide bonds. The summed E-state index contributed by atoms with van der Waals surface area (Å²) in [6.45, 7) is 0. The van der Waals surface area contributed by atoms with Crippen molar-refractivity contribution in [1.82, 2.24) is 0 Å². The molecule has 4 rings (SSSR count). The highest BCUT2D eigenvalue weighted by Crippen LogP contribution is 2.56. The second-order valence-corrected chi connectivity index (χ2v) is 12.5. The van der Waals surface area contributed by atoms with E-state index in [1.54, 1.807) is 6.20 Å². The van der Waals surface area contributed by atoms with Crippen LogP contribution in [0, 0.1) is 55.5 Å². The first-order chi connectivity index (χ1) is 21.2. The number of pyridine rings is 1. The molecule has 2 heterocycles. The van der Waals surface area contributed by atoms with Gasteiger partial charge < -0.3 is 10.2 Å². The number of nitrogens with one attached hydrogen (secondary N) is 1. The lowest BCUT2D eigenvalue weighted by molar-refractivity contribution is -0.696. The number of benzene rings is 2. The summed E-state index contributed by atoms with van der Waals surface area (Å²) in [5.41, 5.74) is -4.79. The van der Waals surface area contributed by atoms with Gasteiger partial charge in [-0.2, -0.15) is 4.28 Å². The van der Waals surface area contributed by atoms with Gasteiger partial charge in [0.25, 0.3) is 33.4 Å². The average molecular weight is 652 g/mol. The van der Waals surface area contributed by atoms with Gasteiger partial charge in [0.1, 0.15) is 0 Å². The fourth-order valence-electron chi connectivity index (χ4n) is 4.14. The van der Waals surface area contributed by atoms with Gasteiger partial charge in [0.2, 0.25) is 0 Å². The predicted octanol–water partition coefficient (Wildman–Crippen LogP) is 2.97. The lowest BCUT2D eigenvalue weighted by Gasteiger charge is -2.27. The lowest BCUT2D eigenvalue weighted by atomic mass is 10.2. The van der Waals surface area contributed by atoms with Gasteiger partial charge in [-0.05, 0) is 23.2 Å². The third-order valence-corrected chi connectivity index (χ3v) is 9.77. The summed E-state index contributed by atoms with van der Waals surface area (Å²) in [5.74, 6) is -0.804. The molecule has 21 nitrogen and oxygen atoms in total. The summed E-state index contributed by atoms with van der Waals surface area (Å²) >= 11 is 0. The molecule has 1 aliphatic rings. The van der Waals surface area contributed by atoms with Crippen LogP contribution < -0.4 is 15.2 Å². The Morgan fingerprint density at radius 1 is 0.667 bits per heavy atom. The van der Waals surface area contributed by atoms with E-state index in [-0.39, 0.29) is 4.92 Å². The fraction of sp³-hybridized carbons (Fsp3) is 0.261. The number of rotatable bonds is 11. The van der Waals surface area contributed by atoms with Crippen LogP contribution in [0.4, 0.5) is 34.1 Å². The standard InChI is InChI=1S/C17H18N4O7S.C6H3N3O7/c22-17-15(19(23)24)11-14(12-16(17)20(25)26)21(27)28-29(8-3-4-9-29)10-6-13-5-1-2-7-18-13;10-6-4(8(13)14)1-3(7(11)12)2-5(6)9(15)16/h1-2,5,7,11-12H,3-4,6,8-10H2;1-2,10H. The van der Waals surface area contributed by atoms with E-state index in [0.29, 0.717) is 35.8 Å². The normalized spacial score (nSPS) is 13.9. The van der Waals surface area contributed by atoms with Crippen LogP contribution in [0.5, 0.6) is 11.5 Å². The molecule has 0 spiro atoms. The first-order valence-electron chi connectivity index (χ1n) is 12.5. The van der Waals surface area contributed by atoms with Crippen molar-refractivity contribution in [2.45, 2.75) is 19.3 Å². The number of hydrogen-bond acceptors (Lipinski definition) is 14. The molecule has 0 bridgehead atoms. The molecule has 0 radical (unpaired) electrons. The van der Waals surface area contributed by atoms with Crippen molar-refractivity contribution in [3.8, 4) is 11.5 Å². The molecule has 22 heteroatoms. The van der Waals surface area contributed by atoms with Gasteiger partial charge in [-0.3, -0.25) is 50.6 Å². The number of aryl methyl sites for hydroxylation is 1. The molecule has 1 saturated heterocycles. The number of non-ortho nitro benzene ring substituents is 1. The average Bonchev–Trinajstić information content (AvgIpc) is 3.44. The largest absolute Gasteiger partial charge is 0.863 e. The molecule has 0 atom stereocenters. The molecular weight excluding hydrogens is 630 g/mol. The molecule has 45 heavy (non-hydrogen) atoms. The number of nitro benzene ring substituents is 5. The van der Waals surface area contributed by atoms with Gasteiger partial charge in [-0.25, -0.2) is 4.98 Å². The van der Waals surface area contributed by atoms with Crippen molar-refractivity contribution in [2.24, 2.45) is 0 Å². The summed E-state index contributed by atoms with van der Waals surface area (Å²) in [6, 6.07) is 7.88. The summed E-state index contributed by atoms with van der Waals surface area (Å²) in [4.78, 5) is 63.4.